The summed E-state index contributed by atoms with van der Waals surface area (Å²) in [6.07, 6.45) is 2.10. The molecule has 0 unspecified atom stereocenters. The van der Waals surface area contributed by atoms with E-state index in [2.05, 4.69) is 21.7 Å². The van der Waals surface area contributed by atoms with Crippen molar-refractivity contribution in [3.05, 3.63) is 53.7 Å². The Balaban J connectivity index is 1.69. The second-order valence-electron chi connectivity index (χ2n) is 8.17. The van der Waals surface area contributed by atoms with E-state index in [4.69, 9.17) is 10.7 Å². The summed E-state index contributed by atoms with van der Waals surface area (Å²) in [5.41, 5.74) is 8.55. The fourth-order valence-electron chi connectivity index (χ4n) is 3.72. The molecule has 2 aromatic heterocycles. The van der Waals surface area contributed by atoms with Gasteiger partial charge in [0.25, 0.3) is 5.91 Å². The van der Waals surface area contributed by atoms with Crippen LogP contribution in [-0.2, 0) is 11.3 Å². The summed E-state index contributed by atoms with van der Waals surface area (Å²) in [5.74, 6) is 5.74. The van der Waals surface area contributed by atoms with Crippen LogP contribution >= 0.6 is 0 Å². The molecule has 158 valence electrons. The van der Waals surface area contributed by atoms with Crippen LogP contribution in [0, 0.1) is 11.8 Å². The second kappa shape index (κ2) is 7.99. The van der Waals surface area contributed by atoms with Gasteiger partial charge in [-0.05, 0) is 37.9 Å². The van der Waals surface area contributed by atoms with Crippen molar-refractivity contribution in [3.8, 4) is 23.1 Å². The van der Waals surface area contributed by atoms with Crippen LogP contribution in [0.25, 0.3) is 22.2 Å². The molecular formula is C24H25N5O2. The number of carbonyl (C=O) groups excluding carboxylic acids is 1. The Morgan fingerprint density at radius 3 is 2.81 bits per heavy atom. The number of likely N-dealkylation sites (tertiary alicyclic amines) is 1. The largest absolute Gasteiger partial charge is 0.382 e. The normalized spacial score (nSPS) is 18.5. The number of fused-ring (bicyclic) bond motifs is 1. The number of amides is 1. The van der Waals surface area contributed by atoms with Crippen molar-refractivity contribution in [1.82, 2.24) is 19.8 Å². The summed E-state index contributed by atoms with van der Waals surface area (Å²) in [4.78, 5) is 24.8. The number of hydrogen-bond acceptors (Lipinski definition) is 6. The fourth-order valence-corrected chi connectivity index (χ4v) is 3.72. The summed E-state index contributed by atoms with van der Waals surface area (Å²) >= 11 is 0. The molecule has 7 heteroatoms. The second-order valence-corrected chi connectivity index (χ2v) is 8.17. The molecule has 0 spiro atoms. The molecule has 1 aliphatic rings. The number of rotatable bonds is 3. The van der Waals surface area contributed by atoms with E-state index in [1.54, 1.807) is 13.2 Å². The number of aromatic nitrogens is 2. The Kier molecular flexibility index (Phi) is 5.36. The van der Waals surface area contributed by atoms with Crippen molar-refractivity contribution >= 4 is 22.6 Å². The van der Waals surface area contributed by atoms with Gasteiger partial charge in [0.15, 0.2) is 0 Å². The highest BCUT2D eigenvalue weighted by Gasteiger charge is 2.42. The Morgan fingerprint density at radius 2 is 2.10 bits per heavy atom. The van der Waals surface area contributed by atoms with Crippen molar-refractivity contribution in [2.24, 2.45) is 0 Å². The van der Waals surface area contributed by atoms with E-state index in [9.17, 15) is 9.90 Å². The van der Waals surface area contributed by atoms with E-state index in [0.29, 0.717) is 29.9 Å². The van der Waals surface area contributed by atoms with E-state index < -0.39 is 5.60 Å². The van der Waals surface area contributed by atoms with Crippen molar-refractivity contribution in [2.75, 3.05) is 33.4 Å². The van der Waals surface area contributed by atoms with Gasteiger partial charge in [-0.25, -0.2) is 9.97 Å². The van der Waals surface area contributed by atoms with Crippen molar-refractivity contribution < 1.29 is 9.90 Å². The predicted molar refractivity (Wildman–Crippen MR) is 121 cm³/mol. The maximum absolute atomic E-state index is 12.1. The highest BCUT2D eigenvalue weighted by atomic mass is 16.3. The first-order chi connectivity index (χ1) is 14.8. The minimum absolute atomic E-state index is 0.308. The Hall–Kier alpha value is -3.47. The molecular weight excluding hydrogens is 390 g/mol. The average molecular weight is 415 g/mol. The van der Waals surface area contributed by atoms with Crippen molar-refractivity contribution in [3.63, 3.8) is 0 Å². The highest BCUT2D eigenvalue weighted by molar-refractivity contribution is 5.92. The molecule has 1 amide bonds. The first-order valence-corrected chi connectivity index (χ1v) is 10.1. The molecule has 1 atom stereocenters. The van der Waals surface area contributed by atoms with Gasteiger partial charge in [0.2, 0.25) is 5.60 Å². The third kappa shape index (κ3) is 4.08. The molecule has 0 saturated carbocycles. The molecule has 1 aliphatic heterocycles. The first kappa shape index (κ1) is 20.8. The topological polar surface area (TPSA) is 95.6 Å². The lowest BCUT2D eigenvalue weighted by Crippen LogP contribution is -2.37. The van der Waals surface area contributed by atoms with Gasteiger partial charge in [0.1, 0.15) is 11.3 Å². The van der Waals surface area contributed by atoms with E-state index in [1.165, 1.54) is 4.90 Å². The smallest absolute Gasteiger partial charge is 0.267 e. The molecule has 1 aromatic carbocycles. The summed E-state index contributed by atoms with van der Waals surface area (Å²) in [7, 11) is 5.67. The van der Waals surface area contributed by atoms with Crippen LogP contribution in [0.4, 0.5) is 5.82 Å². The predicted octanol–water partition coefficient (Wildman–Crippen LogP) is 1.89. The molecule has 4 rings (SSSR count). The number of nitrogens with two attached hydrogens (primary N) is 1. The zero-order chi connectivity index (χ0) is 22.2. The maximum Gasteiger partial charge on any atom is 0.267 e. The van der Waals surface area contributed by atoms with E-state index in [0.717, 1.165) is 28.8 Å². The molecule has 3 aromatic rings. The minimum atomic E-state index is -1.62. The van der Waals surface area contributed by atoms with E-state index in [-0.39, 0.29) is 5.91 Å². The minimum Gasteiger partial charge on any atom is -0.382 e. The van der Waals surface area contributed by atoms with E-state index >= 15 is 0 Å². The molecule has 3 heterocycles. The number of likely N-dealkylation sites (N-methyl/N-ethyl adjacent to an activating group) is 1. The summed E-state index contributed by atoms with van der Waals surface area (Å²) < 4.78 is 0. The standard InChI is InChI=1S/C24H25N5O2/c1-28(2)15-18-14-26-22(25)21-19(18)7-8-20(27-21)17-6-4-5-16(13-17)9-10-24(31)11-12-29(3)23(24)30/h4-8,13-14,31H,11-12,15H2,1-3H3,(H2,25,26)/t24-/m0/s1. The van der Waals surface area contributed by atoms with Gasteiger partial charge < -0.3 is 20.6 Å². The third-order valence-corrected chi connectivity index (χ3v) is 5.41. The SMILES string of the molecule is CN(C)Cc1cnc(N)c2nc(-c3cccc(C#C[C@]4(O)CCN(C)C4=O)c3)ccc12. The molecule has 0 bridgehead atoms. The van der Waals surface area contributed by atoms with Crippen molar-refractivity contribution in [1.29, 1.82) is 0 Å². The molecule has 0 radical (unpaired) electrons. The van der Waals surface area contributed by atoms with Gasteiger partial charge in [0, 0.05) is 49.3 Å². The van der Waals surface area contributed by atoms with Crippen LogP contribution in [-0.4, -0.2) is 64.1 Å². The number of hydrogen-bond donors (Lipinski definition) is 2. The number of nitrogens with zero attached hydrogens (tertiary/aromatic N) is 4. The van der Waals surface area contributed by atoms with Crippen LogP contribution in [0.1, 0.15) is 17.5 Å². The van der Waals surface area contributed by atoms with Crippen molar-refractivity contribution in [2.45, 2.75) is 18.6 Å². The summed E-state index contributed by atoms with van der Waals surface area (Å²) in [6.45, 7) is 1.24. The number of carbonyl (C=O) groups is 1. The van der Waals surface area contributed by atoms with Gasteiger partial charge in [0.05, 0.1) is 5.69 Å². The van der Waals surface area contributed by atoms with Crippen LogP contribution < -0.4 is 5.73 Å². The molecule has 7 nitrogen and oxygen atoms in total. The Labute approximate surface area is 181 Å². The van der Waals surface area contributed by atoms with Gasteiger partial charge >= 0.3 is 0 Å². The van der Waals surface area contributed by atoms with Gasteiger partial charge in [-0.3, -0.25) is 4.79 Å². The Bertz CT molecular complexity index is 1230. The zero-order valence-electron chi connectivity index (χ0n) is 17.9. The lowest BCUT2D eigenvalue weighted by Gasteiger charge is -2.13. The Morgan fingerprint density at radius 1 is 1.29 bits per heavy atom. The van der Waals surface area contributed by atoms with Crippen LogP contribution in [0.15, 0.2) is 42.6 Å². The number of aliphatic hydroxyl groups is 1. The highest BCUT2D eigenvalue weighted by Crippen LogP contribution is 2.27. The van der Waals surface area contributed by atoms with Gasteiger partial charge in [-0.2, -0.15) is 0 Å². The van der Waals surface area contributed by atoms with Gasteiger partial charge in [-0.15, -0.1) is 0 Å². The van der Waals surface area contributed by atoms with Crippen LogP contribution in [0.3, 0.4) is 0 Å². The van der Waals surface area contributed by atoms with Crippen LogP contribution in [0.5, 0.6) is 0 Å². The third-order valence-electron chi connectivity index (χ3n) is 5.41. The number of benzene rings is 1. The summed E-state index contributed by atoms with van der Waals surface area (Å²) in [6, 6.07) is 11.5. The molecule has 1 fully saturated rings. The summed E-state index contributed by atoms with van der Waals surface area (Å²) in [5, 5.41) is 11.5. The fraction of sp³-hybridized carbons (Fsp3) is 0.292. The zero-order valence-corrected chi connectivity index (χ0v) is 17.9. The maximum atomic E-state index is 12.1. The van der Waals surface area contributed by atoms with E-state index in [1.807, 2.05) is 50.5 Å². The molecule has 3 N–H and O–H groups in total. The molecule has 1 saturated heterocycles. The molecule has 0 aliphatic carbocycles. The lowest BCUT2D eigenvalue weighted by molar-refractivity contribution is -0.137. The number of nitrogen functional groups attached to an aromatic ring is 1. The lowest BCUT2D eigenvalue weighted by atomic mass is 10.0. The number of anilines is 1. The monoisotopic (exact) mass is 415 g/mol. The molecule has 31 heavy (non-hydrogen) atoms. The number of pyridine rings is 2. The quantitative estimate of drug-likeness (QED) is 0.635. The average Bonchev–Trinajstić information content (AvgIpc) is 3.02. The van der Waals surface area contributed by atoms with Gasteiger partial charge in [-0.1, -0.05) is 30.0 Å². The first-order valence-electron chi connectivity index (χ1n) is 10.1. The van der Waals surface area contributed by atoms with Crippen LogP contribution in [0.2, 0.25) is 0 Å².